The first-order chi connectivity index (χ1) is 33.0. The predicted octanol–water partition coefficient (Wildman–Crippen LogP) is 19.1. The third kappa shape index (κ3) is 54.0. The van der Waals surface area contributed by atoms with Crippen molar-refractivity contribution in [3.8, 4) is 0 Å². The molecule has 2 atom stereocenters. The first kappa shape index (κ1) is 65.9. The minimum absolute atomic E-state index is 0.00163. The summed E-state index contributed by atoms with van der Waals surface area (Å²) in [7, 11) is 0. The van der Waals surface area contributed by atoms with Crippen LogP contribution in [0.25, 0.3) is 0 Å². The lowest BCUT2D eigenvalue weighted by atomic mass is 10.0. The first-order valence-electron chi connectivity index (χ1n) is 30.8. The third-order valence-electron chi connectivity index (χ3n) is 14.7. The van der Waals surface area contributed by atoms with Crippen LogP contribution in [-0.4, -0.2) is 47.4 Å². The number of unbranched alkanes of at least 4 members (excludes halogenated alkanes) is 47. The molecule has 0 saturated heterocycles. The Morgan fingerprint density at radius 2 is 0.612 bits per heavy atom. The van der Waals surface area contributed by atoms with Gasteiger partial charge in [-0.2, -0.15) is 0 Å². The zero-order valence-electron chi connectivity index (χ0n) is 45.7. The van der Waals surface area contributed by atoms with E-state index in [0.29, 0.717) is 25.9 Å². The van der Waals surface area contributed by atoms with Gasteiger partial charge in [0.15, 0.2) is 0 Å². The highest BCUT2D eigenvalue weighted by Gasteiger charge is 2.20. The van der Waals surface area contributed by atoms with Crippen molar-refractivity contribution in [3.05, 3.63) is 0 Å². The van der Waals surface area contributed by atoms with E-state index in [1.165, 1.54) is 270 Å². The SMILES string of the molecule is CCCCCCCCCCCCCCCCCCCCCCCCC(O)C(CO)NC(=O)CCCCCCCCCCCCCCCCOC(=O)CCCCCCCCCCCCCCCC. The average molecular weight is 949 g/mol. The van der Waals surface area contributed by atoms with Crippen molar-refractivity contribution < 1.29 is 24.5 Å². The van der Waals surface area contributed by atoms with Gasteiger partial charge in [-0.15, -0.1) is 0 Å². The zero-order chi connectivity index (χ0) is 48.6. The Bertz CT molecular complexity index is 959. The van der Waals surface area contributed by atoms with Crippen molar-refractivity contribution >= 4 is 11.9 Å². The number of amides is 1. The van der Waals surface area contributed by atoms with Crippen molar-refractivity contribution in [1.82, 2.24) is 5.32 Å². The Morgan fingerprint density at radius 3 is 0.910 bits per heavy atom. The normalized spacial score (nSPS) is 12.5. The van der Waals surface area contributed by atoms with Crippen LogP contribution in [-0.2, 0) is 14.3 Å². The number of carbonyl (C=O) groups is 2. The van der Waals surface area contributed by atoms with E-state index in [9.17, 15) is 19.8 Å². The summed E-state index contributed by atoms with van der Waals surface area (Å²) in [5.74, 6) is -0.0389. The predicted molar refractivity (Wildman–Crippen MR) is 292 cm³/mol. The van der Waals surface area contributed by atoms with Crippen LogP contribution in [0.5, 0.6) is 0 Å². The average Bonchev–Trinajstić information content (AvgIpc) is 3.33. The number of hydrogen-bond acceptors (Lipinski definition) is 5. The number of carbonyl (C=O) groups excluding carboxylic acids is 2. The van der Waals surface area contributed by atoms with Gasteiger partial charge in [0.05, 0.1) is 25.4 Å². The molecule has 0 aromatic rings. The Morgan fingerprint density at radius 1 is 0.358 bits per heavy atom. The van der Waals surface area contributed by atoms with Gasteiger partial charge < -0.3 is 20.3 Å². The summed E-state index contributed by atoms with van der Waals surface area (Å²) in [6.07, 6.45) is 66.7. The van der Waals surface area contributed by atoms with Crippen LogP contribution in [0.2, 0.25) is 0 Å². The van der Waals surface area contributed by atoms with Crippen molar-refractivity contribution in [1.29, 1.82) is 0 Å². The number of aliphatic hydroxyl groups is 2. The smallest absolute Gasteiger partial charge is 0.305 e. The largest absolute Gasteiger partial charge is 0.466 e. The quantitative estimate of drug-likeness (QED) is 0.0417. The van der Waals surface area contributed by atoms with E-state index in [1.807, 2.05) is 0 Å². The standard InChI is InChI=1S/C61H121NO5/c1-3-5-7-9-11-13-15-17-19-20-21-22-23-24-25-26-29-33-37-41-45-49-53-59(64)58(57-63)62-60(65)54-50-46-42-38-34-30-27-28-32-36-40-44-48-52-56-67-61(66)55-51-47-43-39-35-31-18-16-14-12-10-8-6-4-2/h58-59,63-64H,3-57H2,1-2H3,(H,62,65). The molecule has 0 bridgehead atoms. The van der Waals surface area contributed by atoms with Gasteiger partial charge in [0.25, 0.3) is 0 Å². The molecular weight excluding hydrogens is 827 g/mol. The van der Waals surface area contributed by atoms with Crippen molar-refractivity contribution in [2.45, 2.75) is 366 Å². The van der Waals surface area contributed by atoms with Crippen molar-refractivity contribution in [2.24, 2.45) is 0 Å². The number of hydrogen-bond donors (Lipinski definition) is 3. The summed E-state index contributed by atoms with van der Waals surface area (Å²) in [4.78, 5) is 24.6. The van der Waals surface area contributed by atoms with E-state index in [4.69, 9.17) is 4.74 Å². The number of nitrogens with one attached hydrogen (secondary N) is 1. The van der Waals surface area contributed by atoms with Crippen molar-refractivity contribution in [3.63, 3.8) is 0 Å². The molecule has 0 radical (unpaired) electrons. The molecule has 0 saturated carbocycles. The molecule has 0 aliphatic rings. The Kier molecular flexibility index (Phi) is 56.5. The number of aliphatic hydroxyl groups excluding tert-OH is 2. The van der Waals surface area contributed by atoms with E-state index < -0.39 is 12.1 Å². The van der Waals surface area contributed by atoms with E-state index in [-0.39, 0.29) is 18.5 Å². The topological polar surface area (TPSA) is 95.9 Å². The van der Waals surface area contributed by atoms with Gasteiger partial charge in [0.2, 0.25) is 5.91 Å². The van der Waals surface area contributed by atoms with Gasteiger partial charge in [-0.3, -0.25) is 9.59 Å². The van der Waals surface area contributed by atoms with Gasteiger partial charge in [-0.25, -0.2) is 0 Å². The van der Waals surface area contributed by atoms with Gasteiger partial charge in [-0.1, -0.05) is 316 Å². The molecule has 0 spiro atoms. The monoisotopic (exact) mass is 948 g/mol. The lowest BCUT2D eigenvalue weighted by Gasteiger charge is -2.22. The molecule has 6 nitrogen and oxygen atoms in total. The molecule has 67 heavy (non-hydrogen) atoms. The maximum Gasteiger partial charge on any atom is 0.305 e. The molecule has 2 unspecified atom stereocenters. The van der Waals surface area contributed by atoms with E-state index >= 15 is 0 Å². The molecular formula is C61H121NO5. The molecule has 0 aromatic carbocycles. The van der Waals surface area contributed by atoms with Gasteiger partial charge >= 0.3 is 5.97 Å². The van der Waals surface area contributed by atoms with Crippen LogP contribution in [0.1, 0.15) is 354 Å². The summed E-state index contributed by atoms with van der Waals surface area (Å²) in [6, 6.07) is -0.549. The molecule has 0 rings (SSSR count). The summed E-state index contributed by atoms with van der Waals surface area (Å²) < 4.78 is 5.48. The summed E-state index contributed by atoms with van der Waals surface area (Å²) in [6.45, 7) is 4.97. The van der Waals surface area contributed by atoms with E-state index in [1.54, 1.807) is 0 Å². The lowest BCUT2D eigenvalue weighted by Crippen LogP contribution is -2.45. The maximum atomic E-state index is 12.5. The summed E-state index contributed by atoms with van der Waals surface area (Å²) in [5, 5.41) is 23.4. The van der Waals surface area contributed by atoms with Gasteiger partial charge in [0.1, 0.15) is 0 Å². The number of esters is 1. The Balaban J connectivity index is 3.42. The molecule has 6 heteroatoms. The van der Waals surface area contributed by atoms with Crippen LogP contribution < -0.4 is 5.32 Å². The van der Waals surface area contributed by atoms with Gasteiger partial charge in [0, 0.05) is 12.8 Å². The van der Waals surface area contributed by atoms with Crippen LogP contribution in [0, 0.1) is 0 Å². The van der Waals surface area contributed by atoms with Gasteiger partial charge in [-0.05, 0) is 25.7 Å². The van der Waals surface area contributed by atoms with Crippen molar-refractivity contribution in [2.75, 3.05) is 13.2 Å². The molecule has 0 aliphatic carbocycles. The molecule has 0 aliphatic heterocycles. The minimum atomic E-state index is -0.671. The highest BCUT2D eigenvalue weighted by molar-refractivity contribution is 5.76. The second-order valence-corrected chi connectivity index (χ2v) is 21.4. The maximum absolute atomic E-state index is 12.5. The molecule has 3 N–H and O–H groups in total. The molecule has 400 valence electrons. The Labute approximate surface area is 419 Å². The minimum Gasteiger partial charge on any atom is -0.466 e. The van der Waals surface area contributed by atoms with Crippen LogP contribution >= 0.6 is 0 Å². The van der Waals surface area contributed by atoms with E-state index in [2.05, 4.69) is 19.2 Å². The molecule has 0 heterocycles. The molecule has 0 aromatic heterocycles. The fourth-order valence-electron chi connectivity index (χ4n) is 9.94. The number of ether oxygens (including phenoxy) is 1. The molecule has 1 amide bonds. The fraction of sp³-hybridized carbons (Fsp3) is 0.967. The fourth-order valence-corrected chi connectivity index (χ4v) is 9.94. The van der Waals surface area contributed by atoms with Crippen LogP contribution in [0.4, 0.5) is 0 Å². The Hall–Kier alpha value is -1.14. The van der Waals surface area contributed by atoms with E-state index in [0.717, 1.165) is 51.4 Å². The summed E-state index contributed by atoms with van der Waals surface area (Å²) in [5.41, 5.74) is 0. The lowest BCUT2D eigenvalue weighted by molar-refractivity contribution is -0.143. The number of rotatable bonds is 58. The highest BCUT2D eigenvalue weighted by Crippen LogP contribution is 2.18. The second-order valence-electron chi connectivity index (χ2n) is 21.4. The summed E-state index contributed by atoms with van der Waals surface area (Å²) >= 11 is 0. The second kappa shape index (κ2) is 57.4. The first-order valence-corrected chi connectivity index (χ1v) is 30.8. The zero-order valence-corrected chi connectivity index (χ0v) is 45.7. The third-order valence-corrected chi connectivity index (χ3v) is 14.7. The molecule has 0 fully saturated rings. The van der Waals surface area contributed by atoms with Crippen LogP contribution in [0.15, 0.2) is 0 Å². The van der Waals surface area contributed by atoms with Crippen LogP contribution in [0.3, 0.4) is 0 Å². The highest BCUT2D eigenvalue weighted by atomic mass is 16.5.